The molecule has 0 radical (unpaired) electrons. The quantitative estimate of drug-likeness (QED) is 0.387. The summed E-state index contributed by atoms with van der Waals surface area (Å²) in [6.45, 7) is 18.9. The van der Waals surface area contributed by atoms with E-state index in [4.69, 9.17) is 0 Å². The molecule has 0 nitrogen and oxygen atoms in total. The summed E-state index contributed by atoms with van der Waals surface area (Å²) < 4.78 is 3.36. The molecular weight excluding hydrogens is 464 g/mol. The molecule has 0 atom stereocenters. The van der Waals surface area contributed by atoms with Gasteiger partial charge in [-0.1, -0.05) is 0 Å². The predicted molar refractivity (Wildman–Crippen MR) is 137 cm³/mol. The predicted octanol–water partition coefficient (Wildman–Crippen LogP) is 8.47. The van der Waals surface area contributed by atoms with Gasteiger partial charge in [-0.25, -0.2) is 0 Å². The average Bonchev–Trinajstić information content (AvgIpc) is 3.27. The SMILES string of the molecule is Cc1cc2c(cc1C(C)(C)C)-c1cc(C(C)(C)C)c(C)cc1[CH]2[Zr](=[C]1CC1)[CH]1C=CC=C1. The minimum atomic E-state index is -1.93. The van der Waals surface area contributed by atoms with Gasteiger partial charge in [-0.05, 0) is 0 Å². The van der Waals surface area contributed by atoms with Crippen LogP contribution in [-0.4, -0.2) is 3.21 Å². The minimum absolute atomic E-state index is 0.165. The zero-order chi connectivity index (χ0) is 23.0. The van der Waals surface area contributed by atoms with Crippen LogP contribution in [0, 0.1) is 13.8 Å². The van der Waals surface area contributed by atoms with Gasteiger partial charge in [0, 0.05) is 0 Å². The number of allylic oxidation sites excluding steroid dienone is 4. The first-order chi connectivity index (χ1) is 15.0. The summed E-state index contributed by atoms with van der Waals surface area (Å²) >= 11 is -1.93. The van der Waals surface area contributed by atoms with Crippen molar-refractivity contribution in [2.45, 2.75) is 86.3 Å². The van der Waals surface area contributed by atoms with Crippen molar-refractivity contribution >= 4 is 3.21 Å². The van der Waals surface area contributed by atoms with Gasteiger partial charge in [0.2, 0.25) is 0 Å². The monoisotopic (exact) mass is 500 g/mol. The van der Waals surface area contributed by atoms with E-state index in [0.29, 0.717) is 3.63 Å². The van der Waals surface area contributed by atoms with Crippen LogP contribution in [-0.2, 0) is 32.1 Å². The second kappa shape index (κ2) is 7.60. The molecule has 0 N–H and O–H groups in total. The van der Waals surface area contributed by atoms with Crippen molar-refractivity contribution in [1.82, 2.24) is 0 Å². The zero-order valence-electron chi connectivity index (χ0n) is 21.2. The van der Waals surface area contributed by atoms with Gasteiger partial charge in [-0.2, -0.15) is 0 Å². The van der Waals surface area contributed by atoms with Gasteiger partial charge in [0.05, 0.1) is 0 Å². The van der Waals surface area contributed by atoms with Crippen LogP contribution >= 0.6 is 0 Å². The zero-order valence-corrected chi connectivity index (χ0v) is 23.6. The van der Waals surface area contributed by atoms with E-state index in [2.05, 4.69) is 104 Å². The van der Waals surface area contributed by atoms with E-state index in [1.807, 2.05) is 3.21 Å². The fraction of sp³-hybridized carbons (Fsp3) is 0.452. The van der Waals surface area contributed by atoms with Crippen LogP contribution in [0.4, 0.5) is 0 Å². The van der Waals surface area contributed by atoms with Crippen molar-refractivity contribution in [2.24, 2.45) is 0 Å². The molecule has 32 heavy (non-hydrogen) atoms. The summed E-state index contributed by atoms with van der Waals surface area (Å²) in [5, 5.41) is 0. The van der Waals surface area contributed by atoms with Crippen LogP contribution < -0.4 is 0 Å². The molecule has 3 aliphatic carbocycles. The van der Waals surface area contributed by atoms with E-state index < -0.39 is 21.3 Å². The molecule has 166 valence electrons. The molecule has 3 aliphatic rings. The van der Waals surface area contributed by atoms with Crippen molar-refractivity contribution in [3.8, 4) is 11.1 Å². The van der Waals surface area contributed by atoms with Crippen molar-refractivity contribution in [3.63, 3.8) is 0 Å². The normalized spacial score (nSPS) is 17.8. The van der Waals surface area contributed by atoms with Crippen molar-refractivity contribution < 1.29 is 21.3 Å². The third-order valence-corrected chi connectivity index (χ3v) is 16.7. The Morgan fingerprint density at radius 1 is 0.688 bits per heavy atom. The molecule has 1 saturated carbocycles. The van der Waals surface area contributed by atoms with Crippen molar-refractivity contribution in [3.05, 3.63) is 82.0 Å². The third-order valence-electron chi connectivity index (χ3n) is 7.65. The maximum absolute atomic E-state index is 2.60. The maximum atomic E-state index is 2.60. The molecule has 1 heteroatoms. The Bertz CT molecular complexity index is 1120. The van der Waals surface area contributed by atoms with E-state index in [-0.39, 0.29) is 10.8 Å². The molecule has 0 spiro atoms. The Morgan fingerprint density at radius 2 is 1.12 bits per heavy atom. The summed E-state index contributed by atoms with van der Waals surface area (Å²) in [5.41, 5.74) is 12.7. The Labute approximate surface area is 203 Å². The van der Waals surface area contributed by atoms with Crippen molar-refractivity contribution in [2.75, 3.05) is 0 Å². The summed E-state index contributed by atoms with van der Waals surface area (Å²) in [4.78, 5) is 0. The van der Waals surface area contributed by atoms with Gasteiger partial charge < -0.3 is 0 Å². The van der Waals surface area contributed by atoms with Gasteiger partial charge in [0.1, 0.15) is 0 Å². The fourth-order valence-electron chi connectivity index (χ4n) is 6.15. The number of aryl methyl sites for hydroxylation is 2. The van der Waals surface area contributed by atoms with Gasteiger partial charge >= 0.3 is 204 Å². The fourth-order valence-corrected chi connectivity index (χ4v) is 15.4. The molecule has 0 unspecified atom stereocenters. The van der Waals surface area contributed by atoms with E-state index in [1.165, 1.54) is 46.2 Å². The summed E-state index contributed by atoms with van der Waals surface area (Å²) in [5.74, 6) is 0. The van der Waals surface area contributed by atoms with E-state index >= 15 is 0 Å². The second-order valence-corrected chi connectivity index (χ2v) is 19.3. The molecule has 2 aromatic rings. The summed E-state index contributed by atoms with van der Waals surface area (Å²) in [6, 6.07) is 10.3. The second-order valence-electron chi connectivity index (χ2n) is 12.3. The standard InChI is InChI=1S/C23H29.C5H5.C3H4.Zr/c1-14-9-16-11-17-10-15(2)21(23(6,7)8)13-19(17)18(16)12-20(14)22(3,4)5;1-2-4-5-3-1;1-2-3-1;/h9-13H,1-8H3;1-5H;1-2H2;. The van der Waals surface area contributed by atoms with Crippen LogP contribution in [0.2, 0.25) is 3.63 Å². The first-order valence-corrected chi connectivity index (χ1v) is 16.4. The Morgan fingerprint density at radius 3 is 1.50 bits per heavy atom. The van der Waals surface area contributed by atoms with Crippen LogP contribution in [0.15, 0.2) is 48.6 Å². The number of rotatable bonds is 2. The van der Waals surface area contributed by atoms with Crippen LogP contribution in [0.3, 0.4) is 0 Å². The Balaban J connectivity index is 1.81. The molecular formula is C31H38Zr. The molecule has 0 aliphatic heterocycles. The molecule has 2 aromatic carbocycles. The van der Waals surface area contributed by atoms with Gasteiger partial charge in [0.25, 0.3) is 0 Å². The molecule has 5 rings (SSSR count). The average molecular weight is 502 g/mol. The molecule has 0 aromatic heterocycles. The number of hydrogen-bond acceptors (Lipinski definition) is 0. The Kier molecular flexibility index (Phi) is 5.33. The molecule has 0 bridgehead atoms. The van der Waals surface area contributed by atoms with Gasteiger partial charge in [0.15, 0.2) is 0 Å². The van der Waals surface area contributed by atoms with E-state index in [0.717, 1.165) is 3.63 Å². The van der Waals surface area contributed by atoms with E-state index in [9.17, 15) is 0 Å². The molecule has 1 fully saturated rings. The summed E-state index contributed by atoms with van der Waals surface area (Å²) in [7, 11) is 0. The van der Waals surface area contributed by atoms with Crippen LogP contribution in [0.25, 0.3) is 11.1 Å². The van der Waals surface area contributed by atoms with Gasteiger partial charge in [-0.3, -0.25) is 0 Å². The molecule has 0 amide bonds. The van der Waals surface area contributed by atoms with Gasteiger partial charge in [-0.15, -0.1) is 0 Å². The summed E-state index contributed by atoms with van der Waals surface area (Å²) in [6.07, 6.45) is 12.4. The number of benzene rings is 2. The van der Waals surface area contributed by atoms with E-state index in [1.54, 1.807) is 11.1 Å². The van der Waals surface area contributed by atoms with Crippen molar-refractivity contribution in [1.29, 1.82) is 0 Å². The first kappa shape index (κ1) is 22.5. The van der Waals surface area contributed by atoms with Crippen LogP contribution in [0.1, 0.15) is 91.4 Å². The van der Waals surface area contributed by atoms with Crippen LogP contribution in [0.5, 0.6) is 0 Å². The molecule has 0 heterocycles. The third kappa shape index (κ3) is 3.74. The number of hydrogen-bond donors (Lipinski definition) is 0. The Hall–Kier alpha value is -1.33. The topological polar surface area (TPSA) is 0 Å². The number of fused-ring (bicyclic) bond motifs is 3. The first-order valence-electron chi connectivity index (χ1n) is 12.3. The molecule has 0 saturated heterocycles.